The number of rotatable bonds is 4. The van der Waals surface area contributed by atoms with Crippen molar-refractivity contribution >= 4 is 23.8 Å². The lowest BCUT2D eigenvalue weighted by Gasteiger charge is -2.15. The summed E-state index contributed by atoms with van der Waals surface area (Å²) in [7, 11) is 1.09. The normalized spacial score (nSPS) is 15.9. The molecule has 0 saturated carbocycles. The molecular weight excluding hydrogens is 242 g/mol. The minimum absolute atomic E-state index is 0.00991. The molecule has 7 nitrogen and oxygen atoms in total. The molecule has 1 aliphatic heterocycles. The van der Waals surface area contributed by atoms with E-state index in [9.17, 15) is 19.2 Å². The summed E-state index contributed by atoms with van der Waals surface area (Å²) in [6.07, 6.45) is 0.808. The number of nitrogens with zero attached hydrogens (tertiary/aromatic N) is 1. The van der Waals surface area contributed by atoms with E-state index < -0.39 is 29.5 Å². The lowest BCUT2D eigenvalue weighted by atomic mass is 10.3. The van der Waals surface area contributed by atoms with E-state index in [4.69, 9.17) is 0 Å². The van der Waals surface area contributed by atoms with Crippen molar-refractivity contribution < 1.29 is 28.7 Å². The Hall–Kier alpha value is -2.18. The van der Waals surface area contributed by atoms with Gasteiger partial charge in [-0.3, -0.25) is 9.59 Å². The van der Waals surface area contributed by atoms with Crippen LogP contribution in [0.15, 0.2) is 11.8 Å². The van der Waals surface area contributed by atoms with Gasteiger partial charge >= 0.3 is 11.9 Å². The molecule has 1 aliphatic rings. The average molecular weight is 255 g/mol. The Balaban J connectivity index is 3.05. The number of carbonyl (C=O) groups is 4. The fourth-order valence-corrected chi connectivity index (χ4v) is 1.46. The third-order valence-electron chi connectivity index (χ3n) is 2.23. The number of esters is 2. The molecule has 2 amide bonds. The summed E-state index contributed by atoms with van der Waals surface area (Å²) < 4.78 is 9.06. The van der Waals surface area contributed by atoms with Gasteiger partial charge in [-0.2, -0.15) is 0 Å². The van der Waals surface area contributed by atoms with Crippen LogP contribution < -0.4 is 0 Å². The fraction of sp³-hybridized carbons (Fsp3) is 0.455. The predicted molar refractivity (Wildman–Crippen MR) is 57.8 cm³/mol. The molecule has 0 N–H and O–H groups in total. The number of ether oxygens (including phenoxy) is 2. The zero-order valence-corrected chi connectivity index (χ0v) is 10.1. The van der Waals surface area contributed by atoms with Crippen LogP contribution in [0.2, 0.25) is 0 Å². The monoisotopic (exact) mass is 255 g/mol. The number of methoxy groups -OCH3 is 1. The van der Waals surface area contributed by atoms with Gasteiger partial charge in [0, 0.05) is 12.8 Å². The standard InChI is InChI=1S/C11H13NO6/c1-3-18-10(15)6-7(11(16)17-2)12-8(13)4-5-9(12)14/h6H,3-5H2,1-2H3. The zero-order valence-electron chi connectivity index (χ0n) is 10.1. The molecule has 0 bridgehead atoms. The second-order valence-corrected chi connectivity index (χ2v) is 3.40. The van der Waals surface area contributed by atoms with Gasteiger partial charge in [0.1, 0.15) is 5.70 Å². The van der Waals surface area contributed by atoms with E-state index in [2.05, 4.69) is 9.47 Å². The Labute approximate surface area is 103 Å². The maximum Gasteiger partial charge on any atom is 0.355 e. The van der Waals surface area contributed by atoms with Gasteiger partial charge in [0.15, 0.2) is 0 Å². The smallest absolute Gasteiger partial charge is 0.355 e. The predicted octanol–water partition coefficient (Wildman–Crippen LogP) is -0.245. The quantitative estimate of drug-likeness (QED) is 0.391. The summed E-state index contributed by atoms with van der Waals surface area (Å²) in [6, 6.07) is 0. The van der Waals surface area contributed by atoms with Gasteiger partial charge in [0.2, 0.25) is 11.8 Å². The SMILES string of the molecule is CCOC(=O)C=C(C(=O)OC)N1C(=O)CCC1=O. The number of carbonyl (C=O) groups excluding carboxylic acids is 4. The van der Waals surface area contributed by atoms with E-state index in [-0.39, 0.29) is 19.4 Å². The lowest BCUT2D eigenvalue weighted by molar-refractivity contribution is -0.146. The second-order valence-electron chi connectivity index (χ2n) is 3.40. The van der Waals surface area contributed by atoms with Gasteiger partial charge in [-0.05, 0) is 6.92 Å². The van der Waals surface area contributed by atoms with E-state index in [0.29, 0.717) is 4.90 Å². The molecular formula is C11H13NO6. The maximum absolute atomic E-state index is 11.5. The summed E-state index contributed by atoms with van der Waals surface area (Å²) >= 11 is 0. The highest BCUT2D eigenvalue weighted by Crippen LogP contribution is 2.19. The van der Waals surface area contributed by atoms with Crippen LogP contribution in [0.3, 0.4) is 0 Å². The molecule has 0 spiro atoms. The Bertz CT molecular complexity index is 409. The third-order valence-corrected chi connectivity index (χ3v) is 2.23. The maximum atomic E-state index is 11.5. The number of hydrogen-bond donors (Lipinski definition) is 0. The van der Waals surface area contributed by atoms with Crippen molar-refractivity contribution in [3.8, 4) is 0 Å². The third kappa shape index (κ3) is 2.93. The molecule has 1 fully saturated rings. The Morgan fingerprint density at radius 1 is 1.28 bits per heavy atom. The van der Waals surface area contributed by atoms with Gasteiger partial charge < -0.3 is 9.47 Å². The molecule has 1 heterocycles. The van der Waals surface area contributed by atoms with Gasteiger partial charge in [-0.1, -0.05) is 0 Å². The molecule has 0 radical (unpaired) electrons. The molecule has 1 saturated heterocycles. The van der Waals surface area contributed by atoms with Gasteiger partial charge in [0.25, 0.3) is 0 Å². The van der Waals surface area contributed by atoms with Gasteiger partial charge in [-0.25, -0.2) is 14.5 Å². The van der Waals surface area contributed by atoms with Crippen LogP contribution in [-0.2, 0) is 28.7 Å². The first-order valence-electron chi connectivity index (χ1n) is 5.33. The van der Waals surface area contributed by atoms with E-state index in [1.165, 1.54) is 0 Å². The highest BCUT2D eigenvalue weighted by molar-refractivity contribution is 6.10. The van der Waals surface area contributed by atoms with Crippen molar-refractivity contribution in [1.82, 2.24) is 4.90 Å². The van der Waals surface area contributed by atoms with Gasteiger partial charge in [0.05, 0.1) is 19.8 Å². The van der Waals surface area contributed by atoms with E-state index in [1.54, 1.807) is 6.92 Å². The summed E-state index contributed by atoms with van der Waals surface area (Å²) in [6.45, 7) is 1.71. The fourth-order valence-electron chi connectivity index (χ4n) is 1.46. The number of likely N-dealkylation sites (tertiary alicyclic amines) is 1. The molecule has 18 heavy (non-hydrogen) atoms. The van der Waals surface area contributed by atoms with Crippen LogP contribution in [0.4, 0.5) is 0 Å². The molecule has 1 rings (SSSR count). The number of hydrogen-bond acceptors (Lipinski definition) is 6. The van der Waals surface area contributed by atoms with Crippen molar-refractivity contribution in [1.29, 1.82) is 0 Å². The van der Waals surface area contributed by atoms with Crippen LogP contribution in [0, 0.1) is 0 Å². The second kappa shape index (κ2) is 5.95. The van der Waals surface area contributed by atoms with Gasteiger partial charge in [-0.15, -0.1) is 0 Å². The zero-order chi connectivity index (χ0) is 13.7. The molecule has 0 aliphatic carbocycles. The summed E-state index contributed by atoms with van der Waals surface area (Å²) in [5.74, 6) is -2.83. The lowest BCUT2D eigenvalue weighted by Crippen LogP contribution is -2.33. The van der Waals surface area contributed by atoms with Crippen LogP contribution >= 0.6 is 0 Å². The van der Waals surface area contributed by atoms with Crippen LogP contribution in [0.25, 0.3) is 0 Å². The highest BCUT2D eigenvalue weighted by atomic mass is 16.5. The van der Waals surface area contributed by atoms with E-state index >= 15 is 0 Å². The van der Waals surface area contributed by atoms with Crippen molar-refractivity contribution in [3.05, 3.63) is 11.8 Å². The van der Waals surface area contributed by atoms with E-state index in [0.717, 1.165) is 13.2 Å². The molecule has 98 valence electrons. The first-order chi connectivity index (χ1) is 8.51. The molecule has 7 heteroatoms. The number of imide groups is 1. The first kappa shape index (κ1) is 13.9. The summed E-state index contributed by atoms with van der Waals surface area (Å²) in [4.78, 5) is 46.4. The van der Waals surface area contributed by atoms with Crippen molar-refractivity contribution in [2.45, 2.75) is 19.8 Å². The van der Waals surface area contributed by atoms with Crippen molar-refractivity contribution in [2.24, 2.45) is 0 Å². The molecule has 0 aromatic heterocycles. The molecule has 0 aromatic carbocycles. The largest absolute Gasteiger partial charge is 0.464 e. The van der Waals surface area contributed by atoms with Crippen molar-refractivity contribution in [2.75, 3.05) is 13.7 Å². The van der Waals surface area contributed by atoms with Crippen LogP contribution in [0.1, 0.15) is 19.8 Å². The van der Waals surface area contributed by atoms with Crippen molar-refractivity contribution in [3.63, 3.8) is 0 Å². The average Bonchev–Trinajstić information content (AvgIpc) is 2.66. The van der Waals surface area contributed by atoms with Crippen LogP contribution in [0.5, 0.6) is 0 Å². The Morgan fingerprint density at radius 2 is 1.83 bits per heavy atom. The minimum atomic E-state index is -0.938. The Kier molecular flexibility index (Phi) is 4.59. The van der Waals surface area contributed by atoms with Crippen LogP contribution in [-0.4, -0.2) is 42.4 Å². The topological polar surface area (TPSA) is 90.0 Å². The summed E-state index contributed by atoms with van der Waals surface area (Å²) in [5.41, 5.74) is -0.413. The van der Waals surface area contributed by atoms with E-state index in [1.807, 2.05) is 0 Å². The molecule has 0 aromatic rings. The summed E-state index contributed by atoms with van der Waals surface area (Å²) in [5, 5.41) is 0. The Morgan fingerprint density at radius 3 is 2.28 bits per heavy atom. The molecule has 0 unspecified atom stereocenters. The highest BCUT2D eigenvalue weighted by Gasteiger charge is 2.35. The molecule has 0 atom stereocenters. The first-order valence-corrected chi connectivity index (χ1v) is 5.33. The minimum Gasteiger partial charge on any atom is -0.464 e. The number of amides is 2.